The number of amides is 1. The molecule has 0 bridgehead atoms. The highest BCUT2D eigenvalue weighted by Crippen LogP contribution is 2.22. The maximum absolute atomic E-state index is 12.9. The fourth-order valence-corrected chi connectivity index (χ4v) is 7.26. The van der Waals surface area contributed by atoms with Crippen molar-refractivity contribution in [3.63, 3.8) is 0 Å². The van der Waals surface area contributed by atoms with Gasteiger partial charge in [-0.2, -0.15) is 0 Å². The zero-order chi connectivity index (χ0) is 43.0. The summed E-state index contributed by atoms with van der Waals surface area (Å²) in [4.78, 5) is 12.9. The van der Waals surface area contributed by atoms with Crippen LogP contribution in [0.25, 0.3) is 0 Å². The van der Waals surface area contributed by atoms with Crippen LogP contribution in [0.1, 0.15) is 194 Å². The molecule has 59 heavy (non-hydrogen) atoms. The molecule has 342 valence electrons. The van der Waals surface area contributed by atoms with Gasteiger partial charge < -0.3 is 40.3 Å². The third-order valence-corrected chi connectivity index (χ3v) is 11.1. The number of aliphatic hydroxyl groups is 5. The summed E-state index contributed by atoms with van der Waals surface area (Å²) in [6, 6.07) is -0.828. The van der Waals surface area contributed by atoms with Gasteiger partial charge >= 0.3 is 0 Å². The normalized spacial score (nSPS) is 21.2. The van der Waals surface area contributed by atoms with Gasteiger partial charge in [0.1, 0.15) is 24.4 Å². The van der Waals surface area contributed by atoms with Gasteiger partial charge in [-0.15, -0.1) is 0 Å². The molecule has 7 atom stereocenters. The molecule has 0 radical (unpaired) electrons. The van der Waals surface area contributed by atoms with E-state index in [9.17, 15) is 30.3 Å². The molecule has 1 heterocycles. The Labute approximate surface area is 360 Å². The second-order valence-electron chi connectivity index (χ2n) is 16.5. The van der Waals surface area contributed by atoms with E-state index in [2.05, 4.69) is 67.8 Å². The first-order valence-electron chi connectivity index (χ1n) is 24.0. The van der Waals surface area contributed by atoms with E-state index in [1.54, 1.807) is 6.08 Å². The van der Waals surface area contributed by atoms with E-state index in [-0.39, 0.29) is 12.5 Å². The van der Waals surface area contributed by atoms with Crippen molar-refractivity contribution < 1.29 is 39.8 Å². The summed E-state index contributed by atoms with van der Waals surface area (Å²) >= 11 is 0. The molecule has 0 aromatic carbocycles. The summed E-state index contributed by atoms with van der Waals surface area (Å²) in [5, 5.41) is 54.2. The van der Waals surface area contributed by atoms with E-state index in [1.165, 1.54) is 109 Å². The van der Waals surface area contributed by atoms with Gasteiger partial charge in [-0.1, -0.05) is 190 Å². The molecular weight excluding hydrogens is 743 g/mol. The van der Waals surface area contributed by atoms with Crippen molar-refractivity contribution in [2.24, 2.45) is 0 Å². The Morgan fingerprint density at radius 3 is 1.56 bits per heavy atom. The van der Waals surface area contributed by atoms with E-state index < -0.39 is 49.5 Å². The number of unbranched alkanes of at least 4 members (excludes halogenated alkanes) is 21. The van der Waals surface area contributed by atoms with Crippen molar-refractivity contribution in [3.05, 3.63) is 60.8 Å². The summed E-state index contributed by atoms with van der Waals surface area (Å²) < 4.78 is 11.2. The van der Waals surface area contributed by atoms with Crippen LogP contribution in [-0.2, 0) is 14.3 Å². The highest BCUT2D eigenvalue weighted by atomic mass is 16.7. The number of nitrogens with one attached hydrogen (secondary N) is 1. The Balaban J connectivity index is 2.35. The number of rotatable bonds is 39. The molecule has 9 nitrogen and oxygen atoms in total. The zero-order valence-corrected chi connectivity index (χ0v) is 37.5. The highest BCUT2D eigenvalue weighted by Gasteiger charge is 2.44. The van der Waals surface area contributed by atoms with Crippen LogP contribution in [0.4, 0.5) is 0 Å². The van der Waals surface area contributed by atoms with Gasteiger partial charge in [0.15, 0.2) is 6.29 Å². The van der Waals surface area contributed by atoms with Crippen molar-refractivity contribution in [1.29, 1.82) is 0 Å². The van der Waals surface area contributed by atoms with Crippen LogP contribution in [0.2, 0.25) is 0 Å². The SMILES string of the molecule is CC/C=C\C/C=C\C/C=C\C/C=C\CCCCC(=O)NC(COC1OC(CO)C(O)C(O)C1O)C(O)/C=C/CCCCCCCCCCCCCCCCCCCCC. The first kappa shape index (κ1) is 54.9. The average molecular weight is 832 g/mol. The standard InChI is InChI=1S/C50H89NO8/c1-3-5-7-9-11-13-15-17-19-20-21-22-23-24-26-27-29-31-33-35-37-39-44(53)43(42-58-50-49(57)48(56)47(55)45(41-52)59-50)51-46(54)40-38-36-34-32-30-28-25-18-16-14-12-10-8-6-4-2/h6,8,12,14,18,25,30,32,37,39,43-45,47-50,52-53,55-57H,3-5,7,9-11,13,15-17,19-24,26-29,31,33-36,38,40-42H2,1-2H3,(H,51,54)/b8-6-,14-12-,25-18-,32-30-,39-37+. The van der Waals surface area contributed by atoms with Crippen LogP contribution in [0.15, 0.2) is 60.8 Å². The highest BCUT2D eigenvalue weighted by molar-refractivity contribution is 5.76. The number of hydrogen-bond donors (Lipinski definition) is 6. The Kier molecular flexibility index (Phi) is 37.2. The molecule has 1 rings (SSSR count). The number of ether oxygens (including phenoxy) is 2. The van der Waals surface area contributed by atoms with E-state index in [1.807, 2.05) is 6.08 Å². The van der Waals surface area contributed by atoms with Gasteiger partial charge in [0, 0.05) is 6.42 Å². The van der Waals surface area contributed by atoms with E-state index >= 15 is 0 Å². The Morgan fingerprint density at radius 2 is 1.05 bits per heavy atom. The number of carbonyl (C=O) groups is 1. The van der Waals surface area contributed by atoms with Crippen molar-refractivity contribution >= 4 is 5.91 Å². The van der Waals surface area contributed by atoms with E-state index in [0.29, 0.717) is 12.8 Å². The smallest absolute Gasteiger partial charge is 0.220 e. The van der Waals surface area contributed by atoms with E-state index in [4.69, 9.17) is 9.47 Å². The van der Waals surface area contributed by atoms with Gasteiger partial charge in [-0.25, -0.2) is 0 Å². The lowest BCUT2D eigenvalue weighted by Crippen LogP contribution is -2.60. The summed E-state index contributed by atoms with van der Waals surface area (Å²) in [6.07, 6.45) is 45.6. The second-order valence-corrected chi connectivity index (χ2v) is 16.5. The Hall–Kier alpha value is -2.11. The molecule has 1 aliphatic heterocycles. The molecule has 0 saturated carbocycles. The molecule has 6 N–H and O–H groups in total. The molecule has 1 saturated heterocycles. The molecule has 0 aliphatic carbocycles. The summed E-state index contributed by atoms with van der Waals surface area (Å²) in [5.74, 6) is -0.219. The van der Waals surface area contributed by atoms with Crippen LogP contribution in [0.5, 0.6) is 0 Å². The predicted octanol–water partition coefficient (Wildman–Crippen LogP) is 10.4. The van der Waals surface area contributed by atoms with Gasteiger partial charge in [0.05, 0.1) is 25.4 Å². The first-order valence-corrected chi connectivity index (χ1v) is 24.0. The summed E-state index contributed by atoms with van der Waals surface area (Å²) in [6.45, 7) is 3.63. The van der Waals surface area contributed by atoms with Crippen LogP contribution in [0, 0.1) is 0 Å². The molecule has 1 aliphatic rings. The maximum atomic E-state index is 12.9. The summed E-state index contributed by atoms with van der Waals surface area (Å²) in [7, 11) is 0. The molecule has 1 amide bonds. The zero-order valence-electron chi connectivity index (χ0n) is 37.5. The number of carbonyl (C=O) groups excluding carboxylic acids is 1. The fraction of sp³-hybridized carbons (Fsp3) is 0.780. The summed E-state index contributed by atoms with van der Waals surface area (Å²) in [5.41, 5.74) is 0. The van der Waals surface area contributed by atoms with Crippen molar-refractivity contribution in [1.82, 2.24) is 5.32 Å². The van der Waals surface area contributed by atoms with Crippen LogP contribution in [-0.4, -0.2) is 87.5 Å². The minimum atomic E-state index is -1.58. The van der Waals surface area contributed by atoms with Gasteiger partial charge in [0.25, 0.3) is 0 Å². The number of aliphatic hydroxyl groups excluding tert-OH is 5. The third kappa shape index (κ3) is 30.6. The molecule has 0 aromatic rings. The first-order chi connectivity index (χ1) is 28.8. The predicted molar refractivity (Wildman–Crippen MR) is 244 cm³/mol. The Bertz CT molecular complexity index is 1100. The Morgan fingerprint density at radius 1 is 0.593 bits per heavy atom. The quantitative estimate of drug-likeness (QED) is 0.0265. The fourth-order valence-electron chi connectivity index (χ4n) is 7.26. The number of allylic oxidation sites excluding steroid dienone is 9. The largest absolute Gasteiger partial charge is 0.394 e. The van der Waals surface area contributed by atoms with Crippen LogP contribution < -0.4 is 5.32 Å². The lowest BCUT2D eigenvalue weighted by atomic mass is 9.99. The lowest BCUT2D eigenvalue weighted by molar-refractivity contribution is -0.302. The van der Waals surface area contributed by atoms with Crippen LogP contribution >= 0.6 is 0 Å². The van der Waals surface area contributed by atoms with Crippen molar-refractivity contribution in [2.45, 2.75) is 236 Å². The van der Waals surface area contributed by atoms with Gasteiger partial charge in [-0.3, -0.25) is 4.79 Å². The van der Waals surface area contributed by atoms with Gasteiger partial charge in [-0.05, 0) is 57.8 Å². The molecule has 7 unspecified atom stereocenters. The number of hydrogen-bond acceptors (Lipinski definition) is 8. The minimum absolute atomic E-state index is 0.207. The lowest BCUT2D eigenvalue weighted by Gasteiger charge is -2.40. The maximum Gasteiger partial charge on any atom is 0.220 e. The second kappa shape index (κ2) is 40.0. The minimum Gasteiger partial charge on any atom is -0.394 e. The van der Waals surface area contributed by atoms with E-state index in [0.717, 1.165) is 57.8 Å². The molecule has 1 fully saturated rings. The topological polar surface area (TPSA) is 149 Å². The third-order valence-electron chi connectivity index (χ3n) is 11.1. The van der Waals surface area contributed by atoms with Crippen molar-refractivity contribution in [3.8, 4) is 0 Å². The molecule has 9 heteroatoms. The molecular formula is C50H89NO8. The van der Waals surface area contributed by atoms with Crippen molar-refractivity contribution in [2.75, 3.05) is 13.2 Å². The van der Waals surface area contributed by atoms with Gasteiger partial charge in [0.2, 0.25) is 5.91 Å². The monoisotopic (exact) mass is 832 g/mol. The average Bonchev–Trinajstić information content (AvgIpc) is 3.23. The molecule has 0 aromatic heterocycles. The molecule has 0 spiro atoms. The van der Waals surface area contributed by atoms with Crippen LogP contribution in [0.3, 0.4) is 0 Å².